The summed E-state index contributed by atoms with van der Waals surface area (Å²) in [7, 11) is 3.74. The van der Waals surface area contributed by atoms with E-state index in [1.165, 1.54) is 6.40 Å². The van der Waals surface area contributed by atoms with Crippen LogP contribution in [0.4, 0.5) is 0 Å². The Morgan fingerprint density at radius 1 is 1.75 bits per heavy atom. The molecule has 45 valence electrons. The number of hydrazone groups is 1. The zero-order chi connectivity index (χ0) is 5.98. The fraction of sp³-hybridized carbons (Fsp3) is 0.500. The van der Waals surface area contributed by atoms with Gasteiger partial charge in [0.2, 0.25) is 0 Å². The van der Waals surface area contributed by atoms with Crippen LogP contribution < -0.4 is 5.43 Å². The summed E-state index contributed by atoms with van der Waals surface area (Å²) in [6.07, 6.45) is 2.01. The number of nitrogens with one attached hydrogen (secondary N) is 1. The van der Waals surface area contributed by atoms with Crippen molar-refractivity contribution in [2.24, 2.45) is 5.10 Å². The Hall–Kier alpha value is -0.770. The maximum atomic E-state index is 4.85. The van der Waals surface area contributed by atoms with Gasteiger partial charge < -0.3 is 4.74 Å². The van der Waals surface area contributed by atoms with Gasteiger partial charge in [0.25, 0.3) is 0 Å². The van der Waals surface area contributed by atoms with E-state index in [0.29, 0.717) is 6.35 Å². The molecule has 1 rings (SSSR count). The van der Waals surface area contributed by atoms with Crippen molar-refractivity contribution in [1.29, 1.82) is 0 Å². The molecule has 4 heteroatoms. The van der Waals surface area contributed by atoms with E-state index >= 15 is 0 Å². The van der Waals surface area contributed by atoms with Crippen LogP contribution in [0.3, 0.4) is 0 Å². The van der Waals surface area contributed by atoms with Crippen molar-refractivity contribution >= 4 is 6.40 Å². The highest BCUT2D eigenvalue weighted by Gasteiger charge is 2.15. The lowest BCUT2D eigenvalue weighted by molar-refractivity contribution is 0.169. The van der Waals surface area contributed by atoms with Crippen LogP contribution in [-0.2, 0) is 4.74 Å². The Morgan fingerprint density at radius 2 is 2.50 bits per heavy atom. The third-order valence-corrected chi connectivity index (χ3v) is 0.783. The zero-order valence-corrected chi connectivity index (χ0v) is 4.88. The number of rotatable bonds is 1. The van der Waals surface area contributed by atoms with Gasteiger partial charge in [-0.25, -0.2) is 10.3 Å². The van der Waals surface area contributed by atoms with E-state index in [0.717, 1.165) is 0 Å². The van der Waals surface area contributed by atoms with Crippen LogP contribution in [0.2, 0.25) is 0 Å². The standard InChI is InChI=1S/C4H8N3O/c1-7(2)4-6-5-3-8-4/h3,6H,1-2H3. The van der Waals surface area contributed by atoms with Gasteiger partial charge in [0.15, 0.2) is 6.40 Å². The van der Waals surface area contributed by atoms with Crippen LogP contribution in [0.15, 0.2) is 5.10 Å². The molecule has 1 radical (unpaired) electrons. The minimum absolute atomic E-state index is 0.657. The van der Waals surface area contributed by atoms with E-state index in [-0.39, 0.29) is 0 Å². The van der Waals surface area contributed by atoms with Gasteiger partial charge in [-0.3, -0.25) is 0 Å². The van der Waals surface area contributed by atoms with Gasteiger partial charge >= 0.3 is 6.35 Å². The molecule has 0 bridgehead atoms. The molecule has 0 unspecified atom stereocenters. The van der Waals surface area contributed by atoms with E-state index in [4.69, 9.17) is 4.74 Å². The molecule has 0 fully saturated rings. The first-order valence-corrected chi connectivity index (χ1v) is 2.29. The van der Waals surface area contributed by atoms with Crippen LogP contribution in [-0.4, -0.2) is 25.4 Å². The minimum atomic E-state index is 0.657. The molecule has 4 nitrogen and oxygen atoms in total. The Kier molecular flexibility index (Phi) is 1.34. The predicted octanol–water partition coefficient (Wildman–Crippen LogP) is -0.442. The molecule has 0 saturated heterocycles. The Morgan fingerprint density at radius 3 is 2.75 bits per heavy atom. The van der Waals surface area contributed by atoms with Crippen LogP contribution in [0, 0.1) is 6.35 Å². The molecule has 0 amide bonds. The summed E-state index contributed by atoms with van der Waals surface area (Å²) in [5.74, 6) is 0. The largest absolute Gasteiger partial charge is 0.434 e. The van der Waals surface area contributed by atoms with Gasteiger partial charge in [0.1, 0.15) is 0 Å². The normalized spacial score (nSPS) is 18.9. The number of hydrogen-bond acceptors (Lipinski definition) is 4. The summed E-state index contributed by atoms with van der Waals surface area (Å²) >= 11 is 0. The fourth-order valence-electron chi connectivity index (χ4n) is 0.390. The fourth-order valence-corrected chi connectivity index (χ4v) is 0.390. The summed E-state index contributed by atoms with van der Waals surface area (Å²) < 4.78 is 4.85. The Balaban J connectivity index is 2.29. The smallest absolute Gasteiger partial charge is 0.334 e. The van der Waals surface area contributed by atoms with Crippen molar-refractivity contribution in [2.45, 2.75) is 0 Å². The zero-order valence-electron chi connectivity index (χ0n) is 4.88. The van der Waals surface area contributed by atoms with Crippen molar-refractivity contribution in [3.8, 4) is 0 Å². The molecule has 0 atom stereocenters. The lowest BCUT2D eigenvalue weighted by Crippen LogP contribution is -2.27. The first kappa shape index (κ1) is 5.37. The van der Waals surface area contributed by atoms with Crippen LogP contribution in [0.25, 0.3) is 0 Å². The van der Waals surface area contributed by atoms with E-state index < -0.39 is 0 Å². The van der Waals surface area contributed by atoms with Crippen molar-refractivity contribution in [2.75, 3.05) is 14.1 Å². The summed E-state index contributed by atoms with van der Waals surface area (Å²) in [5.41, 5.74) is 2.65. The molecular weight excluding hydrogens is 106 g/mol. The number of hydrogen-bond donors (Lipinski definition) is 1. The molecule has 0 spiro atoms. The third kappa shape index (κ3) is 0.894. The van der Waals surface area contributed by atoms with Gasteiger partial charge in [0.05, 0.1) is 0 Å². The summed E-state index contributed by atoms with van der Waals surface area (Å²) in [4.78, 5) is 1.80. The monoisotopic (exact) mass is 114 g/mol. The molecule has 1 aliphatic rings. The SMILES string of the molecule is CN(C)[C]1NN=CO1. The summed E-state index contributed by atoms with van der Waals surface area (Å²) in [6, 6.07) is 0. The Bertz CT molecular complexity index is 93.5. The lowest BCUT2D eigenvalue weighted by atomic mass is 10.8. The third-order valence-electron chi connectivity index (χ3n) is 0.783. The molecule has 0 aromatic heterocycles. The first-order chi connectivity index (χ1) is 3.80. The van der Waals surface area contributed by atoms with E-state index in [1.54, 1.807) is 4.90 Å². The highest BCUT2D eigenvalue weighted by atomic mass is 16.5. The van der Waals surface area contributed by atoms with Crippen LogP contribution in [0.1, 0.15) is 0 Å². The summed E-state index contributed by atoms with van der Waals surface area (Å²) in [5, 5.41) is 3.61. The van der Waals surface area contributed by atoms with E-state index in [1.807, 2.05) is 14.1 Å². The highest BCUT2D eigenvalue weighted by Crippen LogP contribution is 2.02. The van der Waals surface area contributed by atoms with Crippen LogP contribution >= 0.6 is 0 Å². The number of ether oxygens (including phenoxy) is 1. The average molecular weight is 114 g/mol. The lowest BCUT2D eigenvalue weighted by Gasteiger charge is -2.13. The van der Waals surface area contributed by atoms with Crippen molar-refractivity contribution in [3.05, 3.63) is 6.35 Å². The molecular formula is C4H8N3O. The predicted molar refractivity (Wildman–Crippen MR) is 29.6 cm³/mol. The maximum Gasteiger partial charge on any atom is 0.334 e. The van der Waals surface area contributed by atoms with Gasteiger partial charge in [-0.2, -0.15) is 0 Å². The molecule has 8 heavy (non-hydrogen) atoms. The second-order valence-electron chi connectivity index (χ2n) is 1.66. The van der Waals surface area contributed by atoms with Crippen LogP contribution in [0.5, 0.6) is 0 Å². The maximum absolute atomic E-state index is 4.85. The topological polar surface area (TPSA) is 36.9 Å². The molecule has 0 aromatic carbocycles. The number of nitrogens with zero attached hydrogens (tertiary/aromatic N) is 2. The quantitative estimate of drug-likeness (QED) is 0.502. The average Bonchev–Trinajstić information content (AvgIpc) is 2.12. The van der Waals surface area contributed by atoms with Gasteiger partial charge in [-0.15, -0.1) is 5.10 Å². The Labute approximate surface area is 48.1 Å². The summed E-state index contributed by atoms with van der Waals surface area (Å²) in [6.45, 7) is 0. The minimum Gasteiger partial charge on any atom is -0.434 e. The van der Waals surface area contributed by atoms with Gasteiger partial charge in [0, 0.05) is 0 Å². The molecule has 1 heterocycles. The van der Waals surface area contributed by atoms with Crippen molar-refractivity contribution in [3.63, 3.8) is 0 Å². The van der Waals surface area contributed by atoms with E-state index in [2.05, 4.69) is 10.5 Å². The molecule has 0 saturated carbocycles. The highest BCUT2D eigenvalue weighted by molar-refractivity contribution is 5.49. The second kappa shape index (κ2) is 2.00. The second-order valence-corrected chi connectivity index (χ2v) is 1.66. The van der Waals surface area contributed by atoms with Gasteiger partial charge in [-0.1, -0.05) is 0 Å². The first-order valence-electron chi connectivity index (χ1n) is 2.29. The van der Waals surface area contributed by atoms with Gasteiger partial charge in [-0.05, 0) is 14.1 Å². The molecule has 1 N–H and O–H groups in total. The van der Waals surface area contributed by atoms with Crippen molar-refractivity contribution < 1.29 is 4.74 Å². The molecule has 0 aromatic rings. The van der Waals surface area contributed by atoms with Crippen molar-refractivity contribution in [1.82, 2.24) is 10.3 Å². The molecule has 1 aliphatic heterocycles. The molecule has 0 aliphatic carbocycles. The van der Waals surface area contributed by atoms with E-state index in [9.17, 15) is 0 Å².